The third-order valence-electron chi connectivity index (χ3n) is 3.18. The third-order valence-corrected chi connectivity index (χ3v) is 3.70. The van der Waals surface area contributed by atoms with Crippen LogP contribution in [0, 0.1) is 6.92 Å². The zero-order chi connectivity index (χ0) is 15.4. The van der Waals surface area contributed by atoms with E-state index in [2.05, 4.69) is 20.9 Å². The second-order valence-corrected chi connectivity index (χ2v) is 6.03. The number of aryl methyl sites for hydroxylation is 1. The van der Waals surface area contributed by atoms with Gasteiger partial charge >= 0.3 is 0 Å². The van der Waals surface area contributed by atoms with Crippen LogP contribution in [0.2, 0.25) is 0 Å². The Labute approximate surface area is 131 Å². The molecular weight excluding hydrogens is 332 g/mol. The molecule has 0 bridgehead atoms. The van der Waals surface area contributed by atoms with E-state index in [1.165, 1.54) is 0 Å². The lowest BCUT2D eigenvalue weighted by atomic mass is 10.1. The number of rotatable bonds is 4. The van der Waals surface area contributed by atoms with Gasteiger partial charge in [0.2, 0.25) is 6.41 Å². The molecule has 21 heavy (non-hydrogen) atoms. The highest BCUT2D eigenvalue weighted by Crippen LogP contribution is 2.24. The minimum atomic E-state index is -0.380. The number of alkyl halides is 1. The summed E-state index contributed by atoms with van der Waals surface area (Å²) in [5, 5.41) is 0. The molecule has 4 nitrogen and oxygen atoms in total. The highest BCUT2D eigenvalue weighted by molar-refractivity contribution is 9.09. The number of amides is 2. The van der Waals surface area contributed by atoms with Gasteiger partial charge in [-0.3, -0.25) is 9.59 Å². The van der Waals surface area contributed by atoms with Crippen molar-refractivity contribution < 1.29 is 9.59 Å². The van der Waals surface area contributed by atoms with Crippen molar-refractivity contribution in [2.24, 2.45) is 0 Å². The zero-order valence-electron chi connectivity index (χ0n) is 11.8. The van der Waals surface area contributed by atoms with Crippen molar-refractivity contribution in [3.63, 3.8) is 0 Å². The fourth-order valence-electron chi connectivity index (χ4n) is 1.96. The van der Waals surface area contributed by atoms with Gasteiger partial charge in [0, 0.05) is 16.6 Å². The van der Waals surface area contributed by atoms with Crippen molar-refractivity contribution in [3.8, 4) is 0 Å². The van der Waals surface area contributed by atoms with Gasteiger partial charge in [-0.25, -0.2) is 9.88 Å². The maximum absolute atomic E-state index is 12.5. The van der Waals surface area contributed by atoms with Gasteiger partial charge in [0.25, 0.3) is 5.91 Å². The van der Waals surface area contributed by atoms with E-state index in [0.29, 0.717) is 17.8 Å². The largest absolute Gasteiger partial charge is 0.278 e. The highest BCUT2D eigenvalue weighted by atomic mass is 79.9. The number of benzene rings is 1. The van der Waals surface area contributed by atoms with Crippen LogP contribution in [0.4, 0.5) is 5.82 Å². The standard InChI is InChI=1S/C16H15BrN2O2/c1-11-5-3-4-6-14(11)16(21)19(10-20)15-9-13(12(2)17)7-8-18-15/h3-10,12H,1-2H3. The number of carbonyl (C=O) groups is 2. The summed E-state index contributed by atoms with van der Waals surface area (Å²) in [7, 11) is 0. The van der Waals surface area contributed by atoms with Crippen LogP contribution < -0.4 is 4.90 Å². The van der Waals surface area contributed by atoms with Crippen LogP contribution in [0.3, 0.4) is 0 Å². The van der Waals surface area contributed by atoms with Gasteiger partial charge in [-0.2, -0.15) is 0 Å². The fourth-order valence-corrected chi connectivity index (χ4v) is 2.25. The molecule has 0 aliphatic heterocycles. The molecule has 0 aliphatic carbocycles. The molecule has 0 saturated heterocycles. The minimum absolute atomic E-state index is 0.112. The molecule has 0 saturated carbocycles. The minimum Gasteiger partial charge on any atom is -0.278 e. The molecule has 0 fully saturated rings. The molecule has 2 rings (SSSR count). The first kappa shape index (κ1) is 15.4. The monoisotopic (exact) mass is 346 g/mol. The lowest BCUT2D eigenvalue weighted by Gasteiger charge is -2.17. The molecule has 0 spiro atoms. The highest BCUT2D eigenvalue weighted by Gasteiger charge is 2.20. The predicted octanol–water partition coefficient (Wildman–Crippen LogP) is 3.65. The third kappa shape index (κ3) is 3.36. The molecule has 1 unspecified atom stereocenters. The van der Waals surface area contributed by atoms with Crippen LogP contribution in [0.15, 0.2) is 42.6 Å². The van der Waals surface area contributed by atoms with E-state index in [1.54, 1.807) is 24.4 Å². The number of nitrogens with zero attached hydrogens (tertiary/aromatic N) is 2. The lowest BCUT2D eigenvalue weighted by Crippen LogP contribution is -2.30. The number of aromatic nitrogens is 1. The fraction of sp³-hybridized carbons (Fsp3) is 0.188. The Hall–Kier alpha value is -2.01. The summed E-state index contributed by atoms with van der Waals surface area (Å²) < 4.78 is 0. The number of hydrogen-bond acceptors (Lipinski definition) is 3. The summed E-state index contributed by atoms with van der Waals surface area (Å²) in [4.78, 5) is 29.2. The normalized spacial score (nSPS) is 11.8. The summed E-state index contributed by atoms with van der Waals surface area (Å²) >= 11 is 3.46. The van der Waals surface area contributed by atoms with Crippen LogP contribution >= 0.6 is 15.9 Å². The molecule has 2 aromatic rings. The predicted molar refractivity (Wildman–Crippen MR) is 85.6 cm³/mol. The first-order valence-corrected chi connectivity index (χ1v) is 7.40. The molecule has 1 aromatic heterocycles. The Balaban J connectivity index is 2.40. The van der Waals surface area contributed by atoms with Gasteiger partial charge in [-0.05, 0) is 43.2 Å². The molecule has 1 aromatic carbocycles. The van der Waals surface area contributed by atoms with Crippen LogP contribution in [0.1, 0.15) is 33.2 Å². The van der Waals surface area contributed by atoms with Gasteiger partial charge in [0.15, 0.2) is 0 Å². The van der Waals surface area contributed by atoms with E-state index in [-0.39, 0.29) is 10.7 Å². The Morgan fingerprint density at radius 2 is 2.05 bits per heavy atom. The van der Waals surface area contributed by atoms with Crippen LogP contribution in [0.5, 0.6) is 0 Å². The van der Waals surface area contributed by atoms with Gasteiger partial charge in [0.1, 0.15) is 5.82 Å². The summed E-state index contributed by atoms with van der Waals surface area (Å²) in [6, 6.07) is 10.7. The van der Waals surface area contributed by atoms with Crippen LogP contribution in [0.25, 0.3) is 0 Å². The van der Waals surface area contributed by atoms with E-state index >= 15 is 0 Å². The topological polar surface area (TPSA) is 50.3 Å². The van der Waals surface area contributed by atoms with Gasteiger partial charge in [-0.15, -0.1) is 0 Å². The van der Waals surface area contributed by atoms with Gasteiger partial charge in [-0.1, -0.05) is 34.1 Å². The lowest BCUT2D eigenvalue weighted by molar-refractivity contribution is -0.107. The summed E-state index contributed by atoms with van der Waals surface area (Å²) in [6.45, 7) is 3.80. The molecule has 2 amide bonds. The van der Waals surface area contributed by atoms with E-state index in [9.17, 15) is 9.59 Å². The first-order chi connectivity index (χ1) is 10.0. The van der Waals surface area contributed by atoms with E-state index in [0.717, 1.165) is 16.0 Å². The summed E-state index contributed by atoms with van der Waals surface area (Å²) in [5.74, 6) is -0.0583. The molecule has 1 atom stereocenters. The van der Waals surface area contributed by atoms with Crippen LogP contribution in [-0.2, 0) is 4.79 Å². The molecule has 1 heterocycles. The molecule has 0 N–H and O–H groups in total. The average molecular weight is 347 g/mol. The Morgan fingerprint density at radius 3 is 2.67 bits per heavy atom. The molecule has 108 valence electrons. The van der Waals surface area contributed by atoms with E-state index in [4.69, 9.17) is 0 Å². The Morgan fingerprint density at radius 1 is 1.33 bits per heavy atom. The number of pyridine rings is 1. The van der Waals surface area contributed by atoms with Crippen molar-refractivity contribution >= 4 is 34.1 Å². The average Bonchev–Trinajstić information content (AvgIpc) is 2.48. The number of carbonyl (C=O) groups excluding carboxylic acids is 2. The molecule has 0 radical (unpaired) electrons. The molecule has 5 heteroatoms. The maximum Gasteiger partial charge on any atom is 0.266 e. The van der Waals surface area contributed by atoms with E-state index in [1.807, 2.05) is 32.0 Å². The first-order valence-electron chi connectivity index (χ1n) is 6.49. The maximum atomic E-state index is 12.5. The second-order valence-electron chi connectivity index (χ2n) is 4.66. The number of hydrogen-bond donors (Lipinski definition) is 0. The quantitative estimate of drug-likeness (QED) is 0.627. The van der Waals surface area contributed by atoms with Crippen molar-refractivity contribution in [1.82, 2.24) is 4.98 Å². The number of halogens is 1. The number of anilines is 1. The van der Waals surface area contributed by atoms with Crippen LogP contribution in [-0.4, -0.2) is 17.3 Å². The Bertz CT molecular complexity index is 671. The Kier molecular flexibility index (Phi) is 4.85. The van der Waals surface area contributed by atoms with Gasteiger partial charge in [0.05, 0.1) is 0 Å². The van der Waals surface area contributed by atoms with Gasteiger partial charge < -0.3 is 0 Å². The van der Waals surface area contributed by atoms with E-state index < -0.39 is 0 Å². The van der Waals surface area contributed by atoms with Crippen molar-refractivity contribution in [3.05, 3.63) is 59.3 Å². The van der Waals surface area contributed by atoms with Crippen molar-refractivity contribution in [1.29, 1.82) is 0 Å². The number of imide groups is 1. The second kappa shape index (κ2) is 6.63. The summed E-state index contributed by atoms with van der Waals surface area (Å²) in [5.41, 5.74) is 2.26. The summed E-state index contributed by atoms with van der Waals surface area (Å²) in [6.07, 6.45) is 2.09. The smallest absolute Gasteiger partial charge is 0.266 e. The van der Waals surface area contributed by atoms with Crippen molar-refractivity contribution in [2.75, 3.05) is 4.90 Å². The SMILES string of the molecule is Cc1ccccc1C(=O)N(C=O)c1cc(C(C)Br)ccn1. The zero-order valence-corrected chi connectivity index (χ0v) is 13.4. The van der Waals surface area contributed by atoms with Crippen molar-refractivity contribution in [2.45, 2.75) is 18.7 Å². The molecular formula is C16H15BrN2O2. The molecule has 0 aliphatic rings.